The number of hydrogen-bond donors (Lipinski definition) is 2. The topological polar surface area (TPSA) is 98.9 Å². The van der Waals surface area contributed by atoms with E-state index in [-0.39, 0.29) is 12.8 Å². The summed E-state index contributed by atoms with van der Waals surface area (Å²) in [7, 11) is 0. The smallest absolute Gasteiger partial charge is 0.153 e. The summed E-state index contributed by atoms with van der Waals surface area (Å²) >= 11 is 0. The van der Waals surface area contributed by atoms with Crippen molar-refractivity contribution in [2.45, 2.75) is 12.8 Å². The van der Waals surface area contributed by atoms with Gasteiger partial charge in [0.05, 0.1) is 11.8 Å². The summed E-state index contributed by atoms with van der Waals surface area (Å²) in [6, 6.07) is 0. The first-order chi connectivity index (χ1) is 6.71. The van der Waals surface area contributed by atoms with Crippen molar-refractivity contribution in [2.75, 3.05) is 0 Å². The van der Waals surface area contributed by atoms with Gasteiger partial charge >= 0.3 is 0 Å². The number of carbonyl (C=O) groups is 3. The number of carbonyl (C=O) groups excluding carboxylic acids is 3. The normalized spacial score (nSPS) is 13.7. The van der Waals surface area contributed by atoms with E-state index in [1.54, 1.807) is 0 Å². The van der Waals surface area contributed by atoms with Crippen LogP contribution in [0.4, 0.5) is 0 Å². The summed E-state index contributed by atoms with van der Waals surface area (Å²) in [6.07, 6.45) is 2.84. The van der Waals surface area contributed by atoms with Gasteiger partial charge in [-0.15, -0.1) is 0 Å². The molecule has 2 N–H and O–H groups in total. The van der Waals surface area contributed by atoms with Crippen molar-refractivity contribution in [2.24, 2.45) is 11.8 Å². The Labute approximate surface area is 81.5 Å². The van der Waals surface area contributed by atoms with Crippen LogP contribution in [0.3, 0.4) is 0 Å². The van der Waals surface area contributed by atoms with Crippen LogP contribution in [-0.2, 0) is 14.4 Å². The minimum Gasteiger partial charge on any atom is -0.313 e. The molecule has 2 atom stereocenters. The van der Waals surface area contributed by atoms with Crippen molar-refractivity contribution < 1.29 is 14.4 Å². The molecule has 0 spiro atoms. The Morgan fingerprint density at radius 3 is 1.57 bits per heavy atom. The molecule has 0 amide bonds. The monoisotopic (exact) mass is 196 g/mol. The summed E-state index contributed by atoms with van der Waals surface area (Å²) in [6.45, 7) is 0. The maximum Gasteiger partial charge on any atom is 0.153 e. The molecule has 0 aliphatic rings. The second-order valence-corrected chi connectivity index (χ2v) is 2.77. The summed E-state index contributed by atoms with van der Waals surface area (Å²) in [5, 5.41) is 13.5. The molecule has 0 aliphatic carbocycles. The van der Waals surface area contributed by atoms with Crippen LogP contribution in [0.5, 0.6) is 0 Å². The highest BCUT2D eigenvalue weighted by Crippen LogP contribution is 2.09. The molecule has 2 unspecified atom stereocenters. The predicted molar refractivity (Wildman–Crippen MR) is 50.9 cm³/mol. The lowest BCUT2D eigenvalue weighted by Gasteiger charge is -2.10. The second-order valence-electron chi connectivity index (χ2n) is 2.77. The highest BCUT2D eigenvalue weighted by atomic mass is 16.2. The molecule has 0 heterocycles. The van der Waals surface area contributed by atoms with E-state index in [0.29, 0.717) is 12.6 Å². The highest BCUT2D eigenvalue weighted by Gasteiger charge is 2.24. The molecule has 76 valence electrons. The second kappa shape index (κ2) is 6.82. The van der Waals surface area contributed by atoms with Gasteiger partial charge < -0.3 is 20.4 Å². The zero-order chi connectivity index (χ0) is 11.0. The average Bonchev–Trinajstić information content (AvgIpc) is 2.21. The lowest BCUT2D eigenvalue weighted by Crippen LogP contribution is -2.26. The van der Waals surface area contributed by atoms with E-state index in [0.717, 1.165) is 12.4 Å². The largest absolute Gasteiger partial charge is 0.313 e. The Balaban J connectivity index is 4.50. The minimum atomic E-state index is -0.928. The van der Waals surface area contributed by atoms with Crippen LogP contribution in [0.2, 0.25) is 0 Å². The fourth-order valence-electron chi connectivity index (χ4n) is 1.01. The van der Waals surface area contributed by atoms with Gasteiger partial charge in [-0.25, -0.2) is 0 Å². The summed E-state index contributed by atoms with van der Waals surface area (Å²) in [5.41, 5.74) is 0. The molecule has 5 nitrogen and oxygen atoms in total. The van der Waals surface area contributed by atoms with Crippen molar-refractivity contribution in [3.05, 3.63) is 0 Å². The Bertz CT molecular complexity index is 226. The van der Waals surface area contributed by atoms with Gasteiger partial charge in [0.15, 0.2) is 5.78 Å². The van der Waals surface area contributed by atoms with Gasteiger partial charge in [0.2, 0.25) is 0 Å². The van der Waals surface area contributed by atoms with E-state index in [9.17, 15) is 14.4 Å². The van der Waals surface area contributed by atoms with Gasteiger partial charge in [-0.3, -0.25) is 4.79 Å². The zero-order valence-corrected chi connectivity index (χ0v) is 7.60. The Kier molecular flexibility index (Phi) is 6.02. The van der Waals surface area contributed by atoms with E-state index in [4.69, 9.17) is 10.8 Å². The Hall–Kier alpha value is -1.65. The molecule has 0 aromatic rings. The Morgan fingerprint density at radius 2 is 1.36 bits per heavy atom. The van der Waals surface area contributed by atoms with E-state index < -0.39 is 17.6 Å². The molecular weight excluding hydrogens is 184 g/mol. The SMILES string of the molecule is N=CCC(C=O)C(=O)C(C=O)CC=N. The Morgan fingerprint density at radius 1 is 1.00 bits per heavy atom. The molecule has 0 aromatic heterocycles. The van der Waals surface area contributed by atoms with Gasteiger partial charge in [-0.2, -0.15) is 0 Å². The molecule has 0 rings (SSSR count). The maximum absolute atomic E-state index is 11.4. The van der Waals surface area contributed by atoms with Crippen molar-refractivity contribution in [3.63, 3.8) is 0 Å². The van der Waals surface area contributed by atoms with E-state index >= 15 is 0 Å². The third-order valence-corrected chi connectivity index (χ3v) is 1.80. The number of ketones is 1. The first-order valence-electron chi connectivity index (χ1n) is 4.13. The number of hydrogen-bond acceptors (Lipinski definition) is 5. The molecule has 5 heteroatoms. The van der Waals surface area contributed by atoms with Crippen LogP contribution in [0.25, 0.3) is 0 Å². The predicted octanol–water partition coefficient (Wildman–Crippen LogP) is 0.265. The van der Waals surface area contributed by atoms with Crippen LogP contribution in [0.15, 0.2) is 0 Å². The summed E-state index contributed by atoms with van der Waals surface area (Å²) in [5.74, 6) is -2.37. The number of aldehydes is 2. The summed E-state index contributed by atoms with van der Waals surface area (Å²) in [4.78, 5) is 32.3. The minimum absolute atomic E-state index is 0.0185. The quantitative estimate of drug-likeness (QED) is 0.331. The molecule has 0 fully saturated rings. The fraction of sp³-hybridized carbons (Fsp3) is 0.444. The fourth-order valence-corrected chi connectivity index (χ4v) is 1.01. The van der Waals surface area contributed by atoms with Crippen LogP contribution >= 0.6 is 0 Å². The van der Waals surface area contributed by atoms with Crippen LogP contribution < -0.4 is 0 Å². The average molecular weight is 196 g/mol. The van der Waals surface area contributed by atoms with Crippen molar-refractivity contribution in [1.29, 1.82) is 10.8 Å². The van der Waals surface area contributed by atoms with Crippen molar-refractivity contribution in [1.82, 2.24) is 0 Å². The van der Waals surface area contributed by atoms with Crippen molar-refractivity contribution in [3.8, 4) is 0 Å². The molecule has 0 saturated carbocycles. The number of nitrogens with one attached hydrogen (secondary N) is 2. The number of Topliss-reactive ketones (excluding diaryl/α,β-unsaturated/α-hetero) is 1. The molecule has 0 radical (unpaired) electrons. The lowest BCUT2D eigenvalue weighted by atomic mass is 9.91. The molecule has 14 heavy (non-hydrogen) atoms. The van der Waals surface area contributed by atoms with Gasteiger partial charge in [0, 0.05) is 0 Å². The van der Waals surface area contributed by atoms with Crippen LogP contribution in [0.1, 0.15) is 12.8 Å². The van der Waals surface area contributed by atoms with Gasteiger partial charge in [-0.1, -0.05) is 0 Å². The first-order valence-corrected chi connectivity index (χ1v) is 4.13. The highest BCUT2D eigenvalue weighted by molar-refractivity contribution is 6.04. The molecule has 0 bridgehead atoms. The van der Waals surface area contributed by atoms with Crippen LogP contribution in [0, 0.1) is 22.7 Å². The lowest BCUT2D eigenvalue weighted by molar-refractivity contribution is -0.132. The standard InChI is InChI=1S/C9H12N2O3/c10-3-1-7(5-12)9(14)8(6-13)2-4-11/h3-8,10-11H,1-2H2. The number of rotatable bonds is 8. The molecule has 0 saturated heterocycles. The van der Waals surface area contributed by atoms with Gasteiger partial charge in [0.25, 0.3) is 0 Å². The summed E-state index contributed by atoms with van der Waals surface area (Å²) < 4.78 is 0. The van der Waals surface area contributed by atoms with Gasteiger partial charge in [0.1, 0.15) is 12.6 Å². The third-order valence-electron chi connectivity index (χ3n) is 1.80. The zero-order valence-electron chi connectivity index (χ0n) is 7.60. The van der Waals surface area contributed by atoms with Crippen molar-refractivity contribution >= 4 is 30.8 Å². The molecule has 0 aromatic carbocycles. The maximum atomic E-state index is 11.4. The molecule has 0 aliphatic heterocycles. The van der Waals surface area contributed by atoms with E-state index in [1.165, 1.54) is 0 Å². The van der Waals surface area contributed by atoms with Gasteiger partial charge in [-0.05, 0) is 25.3 Å². The van der Waals surface area contributed by atoms with E-state index in [1.807, 2.05) is 0 Å². The first kappa shape index (κ1) is 12.3. The van der Waals surface area contributed by atoms with Crippen LogP contribution in [-0.4, -0.2) is 30.8 Å². The van der Waals surface area contributed by atoms with E-state index in [2.05, 4.69) is 0 Å². The third kappa shape index (κ3) is 3.38. The molecular formula is C9H12N2O3.